The zero-order valence-electron chi connectivity index (χ0n) is 10.8. The molecule has 0 unspecified atom stereocenters. The molecule has 1 heterocycles. The number of rotatable bonds is 3. The number of hydrogen-bond acceptors (Lipinski definition) is 2. The van der Waals surface area contributed by atoms with Gasteiger partial charge in [0.15, 0.2) is 6.61 Å². The molecule has 0 bridgehead atoms. The summed E-state index contributed by atoms with van der Waals surface area (Å²) in [5.74, 6) is 0.853. The van der Waals surface area contributed by atoms with Gasteiger partial charge in [-0.15, -0.1) is 0 Å². The van der Waals surface area contributed by atoms with E-state index < -0.39 is 0 Å². The van der Waals surface area contributed by atoms with Gasteiger partial charge in [-0.1, -0.05) is 15.9 Å². The smallest absolute Gasteiger partial charge is 0.260 e. The summed E-state index contributed by atoms with van der Waals surface area (Å²) in [5, 5.41) is 0. The van der Waals surface area contributed by atoms with Crippen molar-refractivity contribution in [3.05, 3.63) is 27.7 Å². The largest absolute Gasteiger partial charge is 0.484 e. The Morgan fingerprint density at radius 2 is 1.83 bits per heavy atom. The highest BCUT2D eigenvalue weighted by Gasteiger charge is 2.18. The van der Waals surface area contributed by atoms with Gasteiger partial charge in [-0.2, -0.15) is 0 Å². The van der Waals surface area contributed by atoms with E-state index in [-0.39, 0.29) is 12.5 Å². The third-order valence-electron chi connectivity index (χ3n) is 3.23. The molecule has 0 aromatic heterocycles. The maximum atomic E-state index is 11.8. The van der Waals surface area contributed by atoms with Gasteiger partial charge >= 0.3 is 0 Å². The number of aryl methyl sites for hydroxylation is 2. The van der Waals surface area contributed by atoms with Crippen LogP contribution in [0.1, 0.15) is 24.0 Å². The molecule has 1 aliphatic heterocycles. The fourth-order valence-corrected chi connectivity index (χ4v) is 2.42. The summed E-state index contributed by atoms with van der Waals surface area (Å²) in [5.41, 5.74) is 2.25. The molecule has 4 heteroatoms. The van der Waals surface area contributed by atoms with E-state index in [1.165, 1.54) is 0 Å². The molecule has 1 amide bonds. The second-order valence-electron chi connectivity index (χ2n) is 4.75. The molecule has 0 atom stereocenters. The minimum atomic E-state index is 0.0886. The van der Waals surface area contributed by atoms with Crippen LogP contribution in [-0.4, -0.2) is 30.5 Å². The standard InChI is InChI=1S/C14H18BrNO2/c1-10-7-12(8-11(2)14(10)15)18-9-13(17)16-5-3-4-6-16/h7-8H,3-6,9H2,1-2H3. The molecule has 1 aliphatic rings. The zero-order chi connectivity index (χ0) is 13.1. The number of likely N-dealkylation sites (tertiary alicyclic amines) is 1. The average molecular weight is 312 g/mol. The molecule has 1 aromatic carbocycles. The van der Waals surface area contributed by atoms with E-state index in [0.29, 0.717) is 0 Å². The lowest BCUT2D eigenvalue weighted by Gasteiger charge is -2.16. The summed E-state index contributed by atoms with van der Waals surface area (Å²) < 4.78 is 6.68. The van der Waals surface area contributed by atoms with Crippen molar-refractivity contribution in [1.29, 1.82) is 0 Å². The van der Waals surface area contributed by atoms with Gasteiger partial charge in [0.05, 0.1) is 0 Å². The summed E-state index contributed by atoms with van der Waals surface area (Å²) in [6.45, 7) is 5.93. The SMILES string of the molecule is Cc1cc(OCC(=O)N2CCCC2)cc(C)c1Br. The van der Waals surface area contributed by atoms with Crippen LogP contribution in [0.4, 0.5) is 0 Å². The first kappa shape index (κ1) is 13.4. The highest BCUT2D eigenvalue weighted by molar-refractivity contribution is 9.10. The Kier molecular flexibility index (Phi) is 4.27. The molecule has 98 valence electrons. The number of carbonyl (C=O) groups is 1. The molecule has 18 heavy (non-hydrogen) atoms. The predicted molar refractivity (Wildman–Crippen MR) is 74.9 cm³/mol. The van der Waals surface area contributed by atoms with E-state index in [9.17, 15) is 4.79 Å². The first-order valence-corrected chi connectivity index (χ1v) is 7.04. The first-order valence-electron chi connectivity index (χ1n) is 6.25. The van der Waals surface area contributed by atoms with Gasteiger partial charge in [0.25, 0.3) is 5.91 Å². The summed E-state index contributed by atoms with van der Waals surface area (Å²) in [7, 11) is 0. The zero-order valence-corrected chi connectivity index (χ0v) is 12.4. The molecular formula is C14H18BrNO2. The maximum absolute atomic E-state index is 11.8. The molecule has 3 nitrogen and oxygen atoms in total. The topological polar surface area (TPSA) is 29.5 Å². The monoisotopic (exact) mass is 311 g/mol. The van der Waals surface area contributed by atoms with Crippen LogP contribution in [0.3, 0.4) is 0 Å². The molecule has 1 fully saturated rings. The summed E-state index contributed by atoms with van der Waals surface area (Å²) in [6, 6.07) is 3.91. The lowest BCUT2D eigenvalue weighted by molar-refractivity contribution is -0.132. The second-order valence-corrected chi connectivity index (χ2v) is 5.54. The molecule has 2 rings (SSSR count). The predicted octanol–water partition coefficient (Wildman–Crippen LogP) is 3.07. The minimum Gasteiger partial charge on any atom is -0.484 e. The molecule has 1 aromatic rings. The van der Waals surface area contributed by atoms with Gasteiger partial charge in [0, 0.05) is 17.6 Å². The van der Waals surface area contributed by atoms with Gasteiger partial charge in [0.1, 0.15) is 5.75 Å². The van der Waals surface area contributed by atoms with Crippen molar-refractivity contribution >= 4 is 21.8 Å². The van der Waals surface area contributed by atoms with Crippen LogP contribution in [0.15, 0.2) is 16.6 Å². The van der Waals surface area contributed by atoms with Crippen molar-refractivity contribution < 1.29 is 9.53 Å². The Bertz CT molecular complexity index is 430. The van der Waals surface area contributed by atoms with Gasteiger partial charge in [-0.05, 0) is 49.9 Å². The Balaban J connectivity index is 1.95. The van der Waals surface area contributed by atoms with E-state index in [0.717, 1.165) is 47.3 Å². The summed E-state index contributed by atoms with van der Waals surface area (Å²) in [6.07, 6.45) is 2.23. The number of amides is 1. The summed E-state index contributed by atoms with van der Waals surface area (Å²) in [4.78, 5) is 13.7. The van der Waals surface area contributed by atoms with Crippen molar-refractivity contribution in [2.75, 3.05) is 19.7 Å². The van der Waals surface area contributed by atoms with Crippen LogP contribution >= 0.6 is 15.9 Å². The molecule has 0 radical (unpaired) electrons. The van der Waals surface area contributed by atoms with Crippen LogP contribution < -0.4 is 4.74 Å². The van der Waals surface area contributed by atoms with Crippen LogP contribution in [0.5, 0.6) is 5.75 Å². The van der Waals surface area contributed by atoms with Crippen LogP contribution in [0.25, 0.3) is 0 Å². The average Bonchev–Trinajstić information content (AvgIpc) is 2.86. The van der Waals surface area contributed by atoms with Crippen LogP contribution in [0, 0.1) is 13.8 Å². The lowest BCUT2D eigenvalue weighted by atomic mass is 10.1. The molecule has 1 saturated heterocycles. The first-order chi connectivity index (χ1) is 8.58. The van der Waals surface area contributed by atoms with Crippen molar-refractivity contribution in [3.63, 3.8) is 0 Å². The highest BCUT2D eigenvalue weighted by Crippen LogP contribution is 2.26. The molecule has 0 N–H and O–H groups in total. The normalized spacial score (nSPS) is 14.9. The fourth-order valence-electron chi connectivity index (χ4n) is 2.19. The number of ether oxygens (including phenoxy) is 1. The van der Waals surface area contributed by atoms with Crippen LogP contribution in [-0.2, 0) is 4.79 Å². The quantitative estimate of drug-likeness (QED) is 0.858. The number of hydrogen-bond donors (Lipinski definition) is 0. The summed E-state index contributed by atoms with van der Waals surface area (Å²) >= 11 is 3.52. The van der Waals surface area contributed by atoms with E-state index in [4.69, 9.17) is 4.74 Å². The van der Waals surface area contributed by atoms with Crippen molar-refractivity contribution in [2.45, 2.75) is 26.7 Å². The Morgan fingerprint density at radius 3 is 2.39 bits per heavy atom. The number of benzene rings is 1. The number of nitrogens with zero attached hydrogens (tertiary/aromatic N) is 1. The molecule has 0 aliphatic carbocycles. The van der Waals surface area contributed by atoms with Gasteiger partial charge in [-0.3, -0.25) is 4.79 Å². The van der Waals surface area contributed by atoms with Crippen molar-refractivity contribution in [2.24, 2.45) is 0 Å². The Labute approximate surface area is 116 Å². The lowest BCUT2D eigenvalue weighted by Crippen LogP contribution is -2.32. The second kappa shape index (κ2) is 5.74. The van der Waals surface area contributed by atoms with Gasteiger partial charge in [0.2, 0.25) is 0 Å². The number of halogens is 1. The van der Waals surface area contributed by atoms with Gasteiger partial charge in [-0.25, -0.2) is 0 Å². The van der Waals surface area contributed by atoms with E-state index in [1.807, 2.05) is 30.9 Å². The third-order valence-corrected chi connectivity index (χ3v) is 4.48. The maximum Gasteiger partial charge on any atom is 0.260 e. The highest BCUT2D eigenvalue weighted by atomic mass is 79.9. The van der Waals surface area contributed by atoms with Gasteiger partial charge < -0.3 is 9.64 Å². The van der Waals surface area contributed by atoms with E-state index in [2.05, 4.69) is 15.9 Å². The molecule has 0 saturated carbocycles. The van der Waals surface area contributed by atoms with E-state index >= 15 is 0 Å². The Morgan fingerprint density at radius 1 is 1.28 bits per heavy atom. The Hall–Kier alpha value is -1.03. The third kappa shape index (κ3) is 3.05. The van der Waals surface area contributed by atoms with Crippen LogP contribution in [0.2, 0.25) is 0 Å². The molecular weight excluding hydrogens is 294 g/mol. The van der Waals surface area contributed by atoms with Crippen molar-refractivity contribution in [1.82, 2.24) is 4.90 Å². The van der Waals surface area contributed by atoms with Crippen molar-refractivity contribution in [3.8, 4) is 5.75 Å². The minimum absolute atomic E-state index is 0.0886. The number of carbonyl (C=O) groups excluding carboxylic acids is 1. The fraction of sp³-hybridized carbons (Fsp3) is 0.500. The molecule has 0 spiro atoms. The van der Waals surface area contributed by atoms with E-state index in [1.54, 1.807) is 0 Å².